The fraction of sp³-hybridized carbons (Fsp3) is 0.346. The Morgan fingerprint density at radius 1 is 1.29 bits per heavy atom. The highest BCUT2D eigenvalue weighted by Gasteiger charge is 2.33. The molecule has 1 atom stereocenters. The summed E-state index contributed by atoms with van der Waals surface area (Å²) in [5.41, 5.74) is 2.48. The molecule has 2 amide bonds. The van der Waals surface area contributed by atoms with Crippen molar-refractivity contribution in [1.82, 2.24) is 4.90 Å². The first-order valence-corrected chi connectivity index (χ1v) is 11.4. The number of amides is 2. The van der Waals surface area contributed by atoms with E-state index >= 15 is 0 Å². The summed E-state index contributed by atoms with van der Waals surface area (Å²) in [6, 6.07) is 3.50. The number of carbonyl (C=O) groups is 3. The van der Waals surface area contributed by atoms with Gasteiger partial charge in [0.1, 0.15) is 18.1 Å². The van der Waals surface area contributed by atoms with Crippen LogP contribution >= 0.6 is 11.6 Å². The maximum Gasteiger partial charge on any atom is 0.339 e. The molecule has 0 saturated heterocycles. The summed E-state index contributed by atoms with van der Waals surface area (Å²) in [7, 11) is 0. The van der Waals surface area contributed by atoms with E-state index in [4.69, 9.17) is 25.9 Å². The lowest BCUT2D eigenvalue weighted by Gasteiger charge is -2.28. The van der Waals surface area contributed by atoms with Crippen molar-refractivity contribution in [3.05, 3.63) is 69.7 Å². The number of hydrogen-bond donors (Lipinski definition) is 1. The Morgan fingerprint density at radius 3 is 2.71 bits per heavy atom. The fourth-order valence-electron chi connectivity index (χ4n) is 3.84. The predicted molar refractivity (Wildman–Crippen MR) is 129 cm³/mol. The molecule has 0 radical (unpaired) electrons. The molecule has 3 rings (SSSR count). The van der Waals surface area contributed by atoms with Crippen molar-refractivity contribution in [1.29, 1.82) is 0 Å². The number of allylic oxidation sites excluding steroid dienone is 2. The molecule has 0 aromatic carbocycles. The van der Waals surface area contributed by atoms with Crippen LogP contribution in [0.15, 0.2) is 62.6 Å². The first-order chi connectivity index (χ1) is 16.2. The van der Waals surface area contributed by atoms with Gasteiger partial charge in [-0.1, -0.05) is 31.2 Å². The van der Waals surface area contributed by atoms with Crippen LogP contribution in [-0.4, -0.2) is 47.5 Å². The Balaban J connectivity index is 1.93. The number of imide groups is 1. The predicted octanol–water partition coefficient (Wildman–Crippen LogP) is 4.40. The van der Waals surface area contributed by atoms with Gasteiger partial charge < -0.3 is 14.3 Å². The highest BCUT2D eigenvalue weighted by atomic mass is 35.5. The molecule has 2 aliphatic rings. The highest BCUT2D eigenvalue weighted by molar-refractivity contribution is 6.32. The lowest BCUT2D eigenvalue weighted by atomic mass is 9.90. The van der Waals surface area contributed by atoms with Gasteiger partial charge in [0.15, 0.2) is 0 Å². The Labute approximate surface area is 203 Å². The number of esters is 1. The van der Waals surface area contributed by atoms with Crippen molar-refractivity contribution in [3.63, 3.8) is 0 Å². The topological polar surface area (TPSA) is 97.0 Å². The van der Waals surface area contributed by atoms with Crippen LogP contribution in [0.5, 0.6) is 0 Å². The largest absolute Gasteiger partial charge is 0.458 e. The maximum absolute atomic E-state index is 13.0. The van der Waals surface area contributed by atoms with Gasteiger partial charge >= 0.3 is 5.97 Å². The van der Waals surface area contributed by atoms with E-state index in [2.05, 4.69) is 6.58 Å². The smallest absolute Gasteiger partial charge is 0.339 e. The Hall–Kier alpha value is -3.16. The fourth-order valence-corrected chi connectivity index (χ4v) is 4.05. The van der Waals surface area contributed by atoms with Crippen LogP contribution < -0.4 is 0 Å². The van der Waals surface area contributed by atoms with Gasteiger partial charge in [-0.25, -0.2) is 4.79 Å². The van der Waals surface area contributed by atoms with Gasteiger partial charge in [0, 0.05) is 29.3 Å². The third-order valence-corrected chi connectivity index (χ3v) is 6.44. The third-order valence-electron chi connectivity index (χ3n) is 5.86. The zero-order valence-corrected chi connectivity index (χ0v) is 20.3. The van der Waals surface area contributed by atoms with Crippen LogP contribution in [-0.2, 0) is 19.1 Å². The SMILES string of the molecule is C=CCOC(=O)C1=C(Cl)C(C)CC(c2ccc(/C=C3/C(=O)N(CCCO)C(=O)C(C)=C3C)o2)=C1. The van der Waals surface area contributed by atoms with Gasteiger partial charge in [-0.15, -0.1) is 0 Å². The van der Waals surface area contributed by atoms with Crippen LogP contribution in [0.25, 0.3) is 11.6 Å². The van der Waals surface area contributed by atoms with Crippen LogP contribution in [0.1, 0.15) is 45.1 Å². The Bertz CT molecular complexity index is 1150. The molecule has 1 aromatic heterocycles. The lowest BCUT2D eigenvalue weighted by Crippen LogP contribution is -2.43. The molecule has 0 bridgehead atoms. The molecule has 1 aliphatic heterocycles. The van der Waals surface area contributed by atoms with Gasteiger partial charge in [-0.05, 0) is 68.0 Å². The van der Waals surface area contributed by atoms with Crippen molar-refractivity contribution in [2.45, 2.75) is 33.6 Å². The average molecular weight is 486 g/mol. The molecule has 8 heteroatoms. The summed E-state index contributed by atoms with van der Waals surface area (Å²) < 4.78 is 11.1. The number of carbonyl (C=O) groups excluding carboxylic acids is 3. The summed E-state index contributed by atoms with van der Waals surface area (Å²) >= 11 is 6.38. The Kier molecular flexibility index (Phi) is 8.12. The number of furan rings is 1. The minimum absolute atomic E-state index is 0.0840. The van der Waals surface area contributed by atoms with E-state index in [9.17, 15) is 14.4 Å². The number of ether oxygens (including phenoxy) is 1. The molecule has 1 N–H and O–H groups in total. The molecule has 1 unspecified atom stereocenters. The normalized spacial score (nSPS) is 20.3. The minimum atomic E-state index is -0.528. The van der Waals surface area contributed by atoms with E-state index in [-0.39, 0.29) is 37.2 Å². The molecular weight excluding hydrogens is 458 g/mol. The number of aliphatic hydroxyl groups excluding tert-OH is 1. The molecular formula is C26H28ClNO6. The average Bonchev–Trinajstić information content (AvgIpc) is 3.29. The van der Waals surface area contributed by atoms with Gasteiger partial charge in [-0.3, -0.25) is 14.5 Å². The second-order valence-electron chi connectivity index (χ2n) is 8.27. The second kappa shape index (κ2) is 10.8. The van der Waals surface area contributed by atoms with Crippen LogP contribution in [0, 0.1) is 5.92 Å². The van der Waals surface area contributed by atoms with E-state index in [1.54, 1.807) is 38.1 Å². The molecule has 0 saturated carbocycles. The quantitative estimate of drug-likeness (QED) is 0.254. The number of hydrogen-bond acceptors (Lipinski definition) is 6. The summed E-state index contributed by atoms with van der Waals surface area (Å²) in [5, 5.41) is 9.54. The van der Waals surface area contributed by atoms with E-state index in [0.717, 1.165) is 10.5 Å². The van der Waals surface area contributed by atoms with Gasteiger partial charge in [0.25, 0.3) is 11.8 Å². The second-order valence-corrected chi connectivity index (χ2v) is 8.68. The molecule has 7 nitrogen and oxygen atoms in total. The van der Waals surface area contributed by atoms with E-state index in [0.29, 0.717) is 46.1 Å². The molecule has 34 heavy (non-hydrogen) atoms. The van der Waals surface area contributed by atoms with Crippen molar-refractivity contribution < 1.29 is 28.6 Å². The summed E-state index contributed by atoms with van der Waals surface area (Å²) in [5.74, 6) is -0.419. The molecule has 1 aromatic rings. The molecule has 180 valence electrons. The number of aliphatic hydroxyl groups is 1. The van der Waals surface area contributed by atoms with Crippen molar-refractivity contribution >= 4 is 41.0 Å². The minimum Gasteiger partial charge on any atom is -0.458 e. The summed E-state index contributed by atoms with van der Waals surface area (Å²) in [6.45, 7) is 8.97. The van der Waals surface area contributed by atoms with Crippen molar-refractivity contribution in [3.8, 4) is 0 Å². The summed E-state index contributed by atoms with van der Waals surface area (Å²) in [6.07, 6.45) is 5.64. The highest BCUT2D eigenvalue weighted by Crippen LogP contribution is 2.38. The van der Waals surface area contributed by atoms with Crippen molar-refractivity contribution in [2.75, 3.05) is 19.8 Å². The lowest BCUT2D eigenvalue weighted by molar-refractivity contribution is -0.141. The van der Waals surface area contributed by atoms with Crippen LogP contribution in [0.2, 0.25) is 0 Å². The van der Waals surface area contributed by atoms with Gasteiger partial charge in [0.2, 0.25) is 0 Å². The third kappa shape index (κ3) is 5.16. The Morgan fingerprint density at radius 2 is 2.03 bits per heavy atom. The zero-order valence-electron chi connectivity index (χ0n) is 19.5. The molecule has 1 aliphatic carbocycles. The molecule has 0 spiro atoms. The van der Waals surface area contributed by atoms with Crippen molar-refractivity contribution in [2.24, 2.45) is 5.92 Å². The first-order valence-electron chi connectivity index (χ1n) is 11.0. The monoisotopic (exact) mass is 485 g/mol. The standard InChI is InChI=1S/C26H28ClNO6/c1-5-11-33-26(32)21-13-18(12-15(2)23(21)27)22-8-7-19(34-22)14-20-16(3)17(4)24(30)28(25(20)31)9-6-10-29/h5,7-8,13-15,29H,1,6,9-12H2,2-4H3/b20-14+. The van der Waals surface area contributed by atoms with Crippen LogP contribution in [0.4, 0.5) is 0 Å². The number of rotatable bonds is 8. The molecule has 0 fully saturated rings. The molecule has 2 heterocycles. The van der Waals surface area contributed by atoms with Crippen LogP contribution in [0.3, 0.4) is 0 Å². The number of halogens is 1. The van der Waals surface area contributed by atoms with E-state index in [1.165, 1.54) is 6.08 Å². The van der Waals surface area contributed by atoms with E-state index in [1.807, 2.05) is 6.92 Å². The van der Waals surface area contributed by atoms with Gasteiger partial charge in [-0.2, -0.15) is 0 Å². The maximum atomic E-state index is 13.0. The summed E-state index contributed by atoms with van der Waals surface area (Å²) in [4.78, 5) is 39.1. The van der Waals surface area contributed by atoms with E-state index < -0.39 is 11.9 Å². The number of nitrogens with zero attached hydrogens (tertiary/aromatic N) is 1. The van der Waals surface area contributed by atoms with Gasteiger partial charge in [0.05, 0.1) is 5.57 Å². The first kappa shape index (κ1) is 25.5. The zero-order chi connectivity index (χ0) is 25.0.